The summed E-state index contributed by atoms with van der Waals surface area (Å²) in [6.07, 6.45) is 12.4. The minimum atomic E-state index is 0.370. The van der Waals surface area contributed by atoms with E-state index < -0.39 is 0 Å². The third-order valence-corrected chi connectivity index (χ3v) is 9.57. The summed E-state index contributed by atoms with van der Waals surface area (Å²) in [6.45, 7) is 0. The number of nitrogens with zero attached hydrogens (tertiary/aromatic N) is 1. The van der Waals surface area contributed by atoms with Crippen molar-refractivity contribution in [1.29, 1.82) is 0 Å². The van der Waals surface area contributed by atoms with Gasteiger partial charge in [0.05, 0.1) is 5.69 Å². The molecule has 0 radical (unpaired) electrons. The average Bonchev–Trinajstić information content (AvgIpc) is 3.08. The molecule has 3 unspecified atom stereocenters. The van der Waals surface area contributed by atoms with Gasteiger partial charge in [0.2, 0.25) is 0 Å². The van der Waals surface area contributed by atoms with Crippen molar-refractivity contribution in [3.05, 3.63) is 184 Å². The zero-order valence-electron chi connectivity index (χ0n) is 23.7. The highest BCUT2D eigenvalue weighted by atomic mass is 14.7. The number of aromatic nitrogens is 1. The Morgan fingerprint density at radius 1 is 0.548 bits per heavy atom. The first-order valence-corrected chi connectivity index (χ1v) is 15.2. The maximum absolute atomic E-state index is 4.64. The molecule has 8 rings (SSSR count). The summed E-state index contributed by atoms with van der Waals surface area (Å²) in [6, 6.07) is 44.4. The lowest BCUT2D eigenvalue weighted by atomic mass is 9.64. The van der Waals surface area contributed by atoms with E-state index >= 15 is 0 Å². The fourth-order valence-corrected chi connectivity index (χ4v) is 7.52. The van der Waals surface area contributed by atoms with Crippen LogP contribution in [0.15, 0.2) is 151 Å². The largest absolute Gasteiger partial charge is 0.256 e. The van der Waals surface area contributed by atoms with Crippen molar-refractivity contribution in [1.82, 2.24) is 4.98 Å². The van der Waals surface area contributed by atoms with Crippen LogP contribution in [0.25, 0.3) is 22.9 Å². The zero-order valence-corrected chi connectivity index (χ0v) is 23.7. The summed E-state index contributed by atoms with van der Waals surface area (Å²) >= 11 is 0. The summed E-state index contributed by atoms with van der Waals surface area (Å²) in [5.74, 6) is 1.24. The Bertz CT molecular complexity index is 1840. The number of rotatable bonds is 4. The van der Waals surface area contributed by atoms with E-state index in [9.17, 15) is 0 Å². The lowest BCUT2D eigenvalue weighted by molar-refractivity contribution is 0.493. The van der Waals surface area contributed by atoms with Gasteiger partial charge in [0.25, 0.3) is 0 Å². The van der Waals surface area contributed by atoms with Gasteiger partial charge in [-0.3, -0.25) is 4.98 Å². The smallest absolute Gasteiger partial charge is 0.0702 e. The molecule has 0 amide bonds. The normalized spacial score (nSPS) is 20.8. The molecular weight excluding hydrogens is 506 g/mol. The van der Waals surface area contributed by atoms with Crippen LogP contribution in [0.3, 0.4) is 0 Å². The Balaban J connectivity index is 1.25. The van der Waals surface area contributed by atoms with Crippen molar-refractivity contribution in [3.8, 4) is 11.3 Å². The van der Waals surface area contributed by atoms with E-state index in [2.05, 4.69) is 138 Å². The molecule has 202 valence electrons. The Labute approximate surface area is 248 Å². The fraction of sp³-hybridized carbons (Fsp3) is 0.146. The molecule has 1 aromatic heterocycles. The van der Waals surface area contributed by atoms with Crippen LogP contribution >= 0.6 is 0 Å². The molecular formula is C41H33N. The number of fused-ring (bicyclic) bond motifs is 4. The Morgan fingerprint density at radius 3 is 2.12 bits per heavy atom. The van der Waals surface area contributed by atoms with E-state index in [1.165, 1.54) is 55.7 Å². The van der Waals surface area contributed by atoms with Gasteiger partial charge < -0.3 is 0 Å². The molecule has 1 heteroatoms. The van der Waals surface area contributed by atoms with Crippen LogP contribution in [-0.2, 0) is 12.8 Å². The quantitative estimate of drug-likeness (QED) is 0.221. The van der Waals surface area contributed by atoms with Gasteiger partial charge in [-0.25, -0.2) is 0 Å². The van der Waals surface area contributed by atoms with Gasteiger partial charge in [0, 0.05) is 17.7 Å². The second kappa shape index (κ2) is 10.6. The molecule has 1 heterocycles. The fourth-order valence-electron chi connectivity index (χ4n) is 7.52. The van der Waals surface area contributed by atoms with E-state index in [1.807, 2.05) is 12.3 Å². The zero-order chi connectivity index (χ0) is 27.9. The topological polar surface area (TPSA) is 12.9 Å². The highest BCUT2D eigenvalue weighted by molar-refractivity contribution is 5.80. The predicted octanol–water partition coefficient (Wildman–Crippen LogP) is 9.84. The van der Waals surface area contributed by atoms with Crippen LogP contribution in [0.2, 0.25) is 0 Å². The number of benzene rings is 4. The maximum Gasteiger partial charge on any atom is 0.0702 e. The number of allylic oxidation sites excluding steroid dienone is 5. The summed E-state index contributed by atoms with van der Waals surface area (Å²) < 4.78 is 0. The standard InChI is InChI=1S/C41H33N/c1-3-11-28(12-4-1)37-24-30-15-7-8-16-31(30)25-39(37)32-18-21-36-35-20-19-33(41-17-9-10-22-42-41)23-34(35)27-38(40(36)26-32)29-13-5-2-6-14-29/h1-23,25,37-38,40H,24,26-27H2. The van der Waals surface area contributed by atoms with E-state index in [1.54, 1.807) is 0 Å². The first kappa shape index (κ1) is 25.0. The highest BCUT2D eigenvalue weighted by Gasteiger charge is 2.37. The molecule has 0 N–H and O–H groups in total. The van der Waals surface area contributed by atoms with E-state index in [4.69, 9.17) is 0 Å². The summed E-state index contributed by atoms with van der Waals surface area (Å²) in [4.78, 5) is 4.64. The molecule has 1 nitrogen and oxygen atoms in total. The Morgan fingerprint density at radius 2 is 1.31 bits per heavy atom. The second-order valence-corrected chi connectivity index (χ2v) is 11.9. The van der Waals surface area contributed by atoms with Crippen molar-refractivity contribution in [2.24, 2.45) is 5.92 Å². The number of hydrogen-bond acceptors (Lipinski definition) is 1. The van der Waals surface area contributed by atoms with Gasteiger partial charge in [0.15, 0.2) is 0 Å². The third-order valence-electron chi connectivity index (χ3n) is 9.57. The number of hydrogen-bond donors (Lipinski definition) is 0. The molecule has 0 spiro atoms. The molecule has 0 aliphatic heterocycles. The van der Waals surface area contributed by atoms with Gasteiger partial charge in [-0.2, -0.15) is 0 Å². The summed E-state index contributed by atoms with van der Waals surface area (Å²) in [7, 11) is 0. The maximum atomic E-state index is 4.64. The van der Waals surface area contributed by atoms with Crippen LogP contribution < -0.4 is 0 Å². The first-order chi connectivity index (χ1) is 20.8. The molecule has 0 saturated heterocycles. The molecule has 3 aliphatic rings. The Kier molecular flexibility index (Phi) is 6.30. The van der Waals surface area contributed by atoms with Crippen LogP contribution in [0, 0.1) is 5.92 Å². The van der Waals surface area contributed by atoms with E-state index in [0.717, 1.165) is 25.0 Å². The van der Waals surface area contributed by atoms with Crippen molar-refractivity contribution in [3.63, 3.8) is 0 Å². The Hall–Kier alpha value is -4.75. The SMILES string of the molecule is C1=C(C2=Cc3ccccc3CC2c2ccccc2)CC2C(=C1)c1ccc(-c3ccccn3)cc1CC2c1ccccc1. The third kappa shape index (κ3) is 4.46. The summed E-state index contributed by atoms with van der Waals surface area (Å²) in [5, 5.41) is 0. The van der Waals surface area contributed by atoms with Crippen molar-refractivity contribution < 1.29 is 0 Å². The van der Waals surface area contributed by atoms with E-state index in [0.29, 0.717) is 17.8 Å². The van der Waals surface area contributed by atoms with Gasteiger partial charge >= 0.3 is 0 Å². The van der Waals surface area contributed by atoms with Gasteiger partial charge in [0.1, 0.15) is 0 Å². The molecule has 0 fully saturated rings. The van der Waals surface area contributed by atoms with Crippen molar-refractivity contribution >= 4 is 11.6 Å². The number of pyridine rings is 1. The van der Waals surface area contributed by atoms with Crippen LogP contribution in [0.4, 0.5) is 0 Å². The lowest BCUT2D eigenvalue weighted by Crippen LogP contribution is -2.26. The molecule has 0 bridgehead atoms. The van der Waals surface area contributed by atoms with Crippen molar-refractivity contribution in [2.75, 3.05) is 0 Å². The monoisotopic (exact) mass is 539 g/mol. The lowest BCUT2D eigenvalue weighted by Gasteiger charge is -2.40. The highest BCUT2D eigenvalue weighted by Crippen LogP contribution is 2.52. The molecule has 42 heavy (non-hydrogen) atoms. The van der Waals surface area contributed by atoms with Gasteiger partial charge in [-0.05, 0) is 99.4 Å². The van der Waals surface area contributed by atoms with Gasteiger partial charge in [-0.15, -0.1) is 0 Å². The molecule has 3 aliphatic carbocycles. The molecule has 4 aromatic carbocycles. The molecule has 0 saturated carbocycles. The average molecular weight is 540 g/mol. The van der Waals surface area contributed by atoms with Crippen molar-refractivity contribution in [2.45, 2.75) is 31.1 Å². The minimum Gasteiger partial charge on any atom is -0.256 e. The second-order valence-electron chi connectivity index (χ2n) is 11.9. The predicted molar refractivity (Wildman–Crippen MR) is 174 cm³/mol. The van der Waals surface area contributed by atoms with Crippen LogP contribution in [-0.4, -0.2) is 4.98 Å². The minimum absolute atomic E-state index is 0.370. The van der Waals surface area contributed by atoms with E-state index in [-0.39, 0.29) is 0 Å². The summed E-state index contributed by atoms with van der Waals surface area (Å²) in [5.41, 5.74) is 15.2. The first-order valence-electron chi connectivity index (χ1n) is 15.2. The molecule has 5 aromatic rings. The van der Waals surface area contributed by atoms with Crippen LogP contribution in [0.5, 0.6) is 0 Å². The molecule has 3 atom stereocenters. The van der Waals surface area contributed by atoms with Gasteiger partial charge in [-0.1, -0.05) is 121 Å². The van der Waals surface area contributed by atoms with Crippen LogP contribution in [0.1, 0.15) is 51.6 Å².